The van der Waals surface area contributed by atoms with Gasteiger partial charge in [-0.25, -0.2) is 13.4 Å². The van der Waals surface area contributed by atoms with Crippen molar-refractivity contribution in [3.05, 3.63) is 35.6 Å². The predicted molar refractivity (Wildman–Crippen MR) is 97.1 cm³/mol. The molecule has 0 bridgehead atoms. The van der Waals surface area contributed by atoms with Gasteiger partial charge in [0.15, 0.2) is 11.6 Å². The number of aromatic nitrogens is 1. The molecule has 1 aromatic heterocycles. The maximum absolute atomic E-state index is 14.5. The van der Waals surface area contributed by atoms with Crippen LogP contribution in [0.15, 0.2) is 24.3 Å². The summed E-state index contributed by atoms with van der Waals surface area (Å²) in [5, 5.41) is 13.1. The Labute approximate surface area is 160 Å². The van der Waals surface area contributed by atoms with Crippen molar-refractivity contribution in [3.8, 4) is 17.4 Å². The zero-order valence-corrected chi connectivity index (χ0v) is 15.7. The number of methoxy groups -OCH3 is 2. The Kier molecular flexibility index (Phi) is 5.14. The SMILES string of the molecule is COc1ccc(NCc2cc(O)c(N3CC(=O)NS3(=O)=O)c(F)c2)nc1OC. The van der Waals surface area contributed by atoms with Crippen LogP contribution in [0, 0.1) is 5.82 Å². The van der Waals surface area contributed by atoms with Crippen LogP contribution >= 0.6 is 0 Å². The topological polar surface area (TPSA) is 130 Å². The number of hydrogen-bond donors (Lipinski definition) is 3. The molecule has 0 radical (unpaired) electrons. The van der Waals surface area contributed by atoms with E-state index in [1.165, 1.54) is 20.3 Å². The number of rotatable bonds is 6. The van der Waals surface area contributed by atoms with Gasteiger partial charge in [0.05, 0.1) is 14.2 Å². The first-order valence-electron chi connectivity index (χ1n) is 7.92. The zero-order chi connectivity index (χ0) is 20.5. The number of carbonyl (C=O) groups is 1. The van der Waals surface area contributed by atoms with E-state index >= 15 is 0 Å². The number of ether oxygens (including phenoxy) is 2. The number of hydrogen-bond acceptors (Lipinski definition) is 8. The summed E-state index contributed by atoms with van der Waals surface area (Å²) in [6.45, 7) is -0.531. The van der Waals surface area contributed by atoms with Gasteiger partial charge in [-0.15, -0.1) is 0 Å². The minimum absolute atomic E-state index is 0.0805. The lowest BCUT2D eigenvalue weighted by molar-refractivity contribution is -0.117. The van der Waals surface area contributed by atoms with Gasteiger partial charge >= 0.3 is 10.2 Å². The van der Waals surface area contributed by atoms with Crippen LogP contribution in [0.2, 0.25) is 0 Å². The molecule has 3 N–H and O–H groups in total. The third kappa shape index (κ3) is 3.71. The molecule has 0 unspecified atom stereocenters. The van der Waals surface area contributed by atoms with Gasteiger partial charge in [-0.3, -0.25) is 4.79 Å². The highest BCUT2D eigenvalue weighted by Crippen LogP contribution is 2.34. The van der Waals surface area contributed by atoms with E-state index in [-0.39, 0.29) is 12.4 Å². The normalized spacial score (nSPS) is 15.2. The molecule has 1 aromatic carbocycles. The van der Waals surface area contributed by atoms with E-state index in [0.717, 1.165) is 6.07 Å². The number of amides is 1. The number of phenolic OH excluding ortho intramolecular Hbond substituents is 1. The smallest absolute Gasteiger partial charge is 0.326 e. The van der Waals surface area contributed by atoms with Gasteiger partial charge in [0.25, 0.3) is 11.8 Å². The molecule has 150 valence electrons. The molecule has 1 amide bonds. The first-order valence-corrected chi connectivity index (χ1v) is 9.36. The van der Waals surface area contributed by atoms with Crippen LogP contribution in [-0.4, -0.2) is 45.2 Å². The van der Waals surface area contributed by atoms with E-state index in [1.54, 1.807) is 16.9 Å². The van der Waals surface area contributed by atoms with Crippen molar-refractivity contribution in [1.82, 2.24) is 9.71 Å². The quantitative estimate of drug-likeness (QED) is 0.633. The Morgan fingerprint density at radius 2 is 2.07 bits per heavy atom. The van der Waals surface area contributed by atoms with Crippen molar-refractivity contribution in [2.24, 2.45) is 0 Å². The van der Waals surface area contributed by atoms with Gasteiger partial charge in [-0.2, -0.15) is 13.4 Å². The maximum atomic E-state index is 14.5. The van der Waals surface area contributed by atoms with Crippen LogP contribution in [0.25, 0.3) is 0 Å². The van der Waals surface area contributed by atoms with E-state index in [1.807, 2.05) is 0 Å². The van der Waals surface area contributed by atoms with Crippen LogP contribution in [0.3, 0.4) is 0 Å². The largest absolute Gasteiger partial charge is 0.506 e. The Morgan fingerprint density at radius 1 is 1.32 bits per heavy atom. The maximum Gasteiger partial charge on any atom is 0.326 e. The van der Waals surface area contributed by atoms with Gasteiger partial charge in [-0.1, -0.05) is 0 Å². The number of nitrogens with zero attached hydrogens (tertiary/aromatic N) is 2. The summed E-state index contributed by atoms with van der Waals surface area (Å²) in [5.74, 6) is -1.30. The van der Waals surface area contributed by atoms with E-state index in [0.29, 0.717) is 21.4 Å². The van der Waals surface area contributed by atoms with E-state index in [9.17, 15) is 22.7 Å². The van der Waals surface area contributed by atoms with Crippen molar-refractivity contribution in [1.29, 1.82) is 0 Å². The summed E-state index contributed by atoms with van der Waals surface area (Å²) in [7, 11) is -1.32. The third-order valence-electron chi connectivity index (χ3n) is 3.88. The van der Waals surface area contributed by atoms with Crippen molar-refractivity contribution in [2.45, 2.75) is 6.54 Å². The third-order valence-corrected chi connectivity index (χ3v) is 5.26. The number of aromatic hydroxyl groups is 1. The highest BCUT2D eigenvalue weighted by molar-refractivity contribution is 7.92. The van der Waals surface area contributed by atoms with E-state index < -0.39 is 39.9 Å². The summed E-state index contributed by atoms with van der Waals surface area (Å²) in [6.07, 6.45) is 0. The minimum Gasteiger partial charge on any atom is -0.506 e. The van der Waals surface area contributed by atoms with Crippen LogP contribution in [-0.2, 0) is 21.5 Å². The van der Waals surface area contributed by atoms with E-state index in [2.05, 4.69) is 10.3 Å². The second-order valence-electron chi connectivity index (χ2n) is 5.74. The predicted octanol–water partition coefficient (Wildman–Crippen LogP) is 0.737. The Hall–Kier alpha value is -3.28. The lowest BCUT2D eigenvalue weighted by Gasteiger charge is -2.18. The molecule has 10 nitrogen and oxygen atoms in total. The van der Waals surface area contributed by atoms with Crippen molar-refractivity contribution >= 4 is 27.6 Å². The van der Waals surface area contributed by atoms with Crippen LogP contribution in [0.5, 0.6) is 17.4 Å². The second-order valence-corrected chi connectivity index (χ2v) is 7.34. The van der Waals surface area contributed by atoms with Crippen molar-refractivity contribution in [3.63, 3.8) is 0 Å². The summed E-state index contributed by atoms with van der Waals surface area (Å²) in [4.78, 5) is 15.5. The fraction of sp³-hybridized carbons (Fsp3) is 0.250. The number of pyridine rings is 1. The van der Waals surface area contributed by atoms with Gasteiger partial charge in [0.2, 0.25) is 0 Å². The van der Waals surface area contributed by atoms with Gasteiger partial charge in [0.1, 0.15) is 23.8 Å². The molecule has 1 aliphatic rings. The number of phenols is 1. The van der Waals surface area contributed by atoms with Crippen LogP contribution < -0.4 is 23.8 Å². The lowest BCUT2D eigenvalue weighted by Crippen LogP contribution is -2.30. The molecule has 0 atom stereocenters. The Bertz CT molecular complexity index is 1010. The summed E-state index contributed by atoms with van der Waals surface area (Å²) < 4.78 is 50.6. The van der Waals surface area contributed by atoms with Gasteiger partial charge in [0, 0.05) is 6.54 Å². The minimum atomic E-state index is -4.23. The number of halogens is 1. The average Bonchev–Trinajstić information content (AvgIpc) is 2.91. The second kappa shape index (κ2) is 7.38. The molecule has 3 rings (SSSR count). The molecule has 28 heavy (non-hydrogen) atoms. The average molecular weight is 412 g/mol. The summed E-state index contributed by atoms with van der Waals surface area (Å²) in [5.41, 5.74) is -0.266. The van der Waals surface area contributed by atoms with Crippen molar-refractivity contribution in [2.75, 3.05) is 30.4 Å². The zero-order valence-electron chi connectivity index (χ0n) is 14.9. The molecular formula is C16H17FN4O6S. The molecule has 0 aliphatic carbocycles. The van der Waals surface area contributed by atoms with Gasteiger partial charge < -0.3 is 19.9 Å². The van der Waals surface area contributed by atoms with E-state index in [4.69, 9.17) is 9.47 Å². The molecule has 12 heteroatoms. The van der Waals surface area contributed by atoms with Crippen molar-refractivity contribution < 1.29 is 32.2 Å². The summed E-state index contributed by atoms with van der Waals surface area (Å²) in [6, 6.07) is 5.52. The monoisotopic (exact) mass is 412 g/mol. The number of nitrogens with one attached hydrogen (secondary N) is 2. The van der Waals surface area contributed by atoms with Gasteiger partial charge in [-0.05, 0) is 29.8 Å². The Balaban J connectivity index is 1.81. The molecule has 2 heterocycles. The summed E-state index contributed by atoms with van der Waals surface area (Å²) >= 11 is 0. The Morgan fingerprint density at radius 3 is 2.64 bits per heavy atom. The highest BCUT2D eigenvalue weighted by Gasteiger charge is 2.37. The number of anilines is 2. The molecule has 1 fully saturated rings. The number of benzene rings is 1. The van der Waals surface area contributed by atoms with Crippen LogP contribution in [0.1, 0.15) is 5.56 Å². The molecule has 1 saturated heterocycles. The standard InChI is InChI=1S/C16H17FN4O6S/c1-26-12-3-4-13(19-16(12)27-2)18-7-9-5-10(17)15(11(22)6-9)21-8-14(23)20-28(21,24)25/h3-6,22H,7-8H2,1-2H3,(H,18,19)(H,20,23). The van der Waals surface area contributed by atoms with Crippen LogP contribution in [0.4, 0.5) is 15.9 Å². The fourth-order valence-corrected chi connectivity index (χ4v) is 3.83. The lowest BCUT2D eigenvalue weighted by atomic mass is 10.1. The fourth-order valence-electron chi connectivity index (χ4n) is 2.65. The molecule has 2 aromatic rings. The molecule has 0 spiro atoms. The molecule has 0 saturated carbocycles. The highest BCUT2D eigenvalue weighted by atomic mass is 32.2. The number of carbonyl (C=O) groups excluding carboxylic acids is 1. The molecular weight excluding hydrogens is 395 g/mol. The molecule has 1 aliphatic heterocycles. The first kappa shape index (κ1) is 19.5. The first-order chi connectivity index (χ1) is 13.2.